The van der Waals surface area contributed by atoms with E-state index in [0.29, 0.717) is 68.2 Å². The Bertz CT molecular complexity index is 1390. The van der Waals surface area contributed by atoms with Crippen LogP contribution in [0.5, 0.6) is 0 Å². The third-order valence-corrected chi connectivity index (χ3v) is 6.58. The number of benzene rings is 1. The Kier molecular flexibility index (Phi) is 6.13. The number of halogens is 3. The smallest absolute Gasteiger partial charge is 0.421 e. The van der Waals surface area contributed by atoms with E-state index in [4.69, 9.17) is 9.68 Å². The van der Waals surface area contributed by atoms with Crippen molar-refractivity contribution in [3.05, 3.63) is 51.4 Å². The van der Waals surface area contributed by atoms with Crippen LogP contribution in [0.1, 0.15) is 35.7 Å². The van der Waals surface area contributed by atoms with Crippen LogP contribution in [-0.2, 0) is 11.0 Å². The number of oxazole rings is 1. The van der Waals surface area contributed by atoms with Gasteiger partial charge in [0.25, 0.3) is 11.6 Å². The van der Waals surface area contributed by atoms with Crippen LogP contribution in [0.2, 0.25) is 0 Å². The molecule has 0 bridgehead atoms. The molecular formula is C23H22F3N7O3. The van der Waals surface area contributed by atoms with Crippen molar-refractivity contribution in [2.75, 3.05) is 44.2 Å². The fraction of sp³-hybridized carbons (Fsp3) is 0.435. The molecule has 5 rings (SSSR count). The van der Waals surface area contributed by atoms with E-state index >= 15 is 0 Å². The molecule has 1 unspecified atom stereocenters. The fourth-order valence-electron chi connectivity index (χ4n) is 4.69. The molecule has 3 aromatic rings. The first kappa shape index (κ1) is 23.8. The summed E-state index contributed by atoms with van der Waals surface area (Å²) in [5.41, 5.74) is -0.821. The van der Waals surface area contributed by atoms with Gasteiger partial charge in [-0.15, -0.1) is 0 Å². The Morgan fingerprint density at radius 1 is 1.19 bits per heavy atom. The number of aromatic amines is 1. The van der Waals surface area contributed by atoms with Crippen molar-refractivity contribution < 1.29 is 22.4 Å². The number of amides is 1. The summed E-state index contributed by atoms with van der Waals surface area (Å²) in [6, 6.07) is 7.82. The number of fused-ring (bicyclic) bond motifs is 1. The number of anilines is 1. The van der Waals surface area contributed by atoms with Crippen LogP contribution in [0.15, 0.2) is 33.5 Å². The summed E-state index contributed by atoms with van der Waals surface area (Å²) < 4.78 is 45.3. The van der Waals surface area contributed by atoms with Gasteiger partial charge in [-0.2, -0.15) is 28.5 Å². The summed E-state index contributed by atoms with van der Waals surface area (Å²) in [7, 11) is 0. The second-order valence-electron chi connectivity index (χ2n) is 8.82. The maximum atomic E-state index is 13.2. The zero-order chi connectivity index (χ0) is 25.4. The molecule has 1 N–H and O–H groups in total. The lowest BCUT2D eigenvalue weighted by molar-refractivity contribution is -0.139. The van der Waals surface area contributed by atoms with Crippen molar-refractivity contribution in [2.24, 2.45) is 0 Å². The number of carbonyl (C=O) groups is 1. The van der Waals surface area contributed by atoms with Crippen LogP contribution >= 0.6 is 0 Å². The van der Waals surface area contributed by atoms with E-state index in [1.165, 1.54) is 0 Å². The molecular weight excluding hydrogens is 479 g/mol. The monoisotopic (exact) mass is 501 g/mol. The van der Waals surface area contributed by atoms with Crippen LogP contribution in [0.25, 0.3) is 11.1 Å². The number of aromatic nitrogens is 3. The number of hydrogen-bond donors (Lipinski definition) is 1. The van der Waals surface area contributed by atoms with E-state index in [9.17, 15) is 22.8 Å². The standard InChI is InChI=1S/C23H22F3N7O3/c24-23(25,26)15-11-17(29-30-21(15)35)18-2-1-5-33(18)13-20(34)31-6-8-32(9-7-31)22-28-16-4-3-14(12-27)10-19(16)36-22/h3-4,10-11,18H,1-2,5-9,13H2,(H,30,35). The van der Waals surface area contributed by atoms with Gasteiger partial charge in [0.05, 0.1) is 29.9 Å². The summed E-state index contributed by atoms with van der Waals surface area (Å²) in [6.45, 7) is 2.48. The normalized spacial score (nSPS) is 19.1. The number of piperazine rings is 1. The lowest BCUT2D eigenvalue weighted by Gasteiger charge is -2.35. The molecule has 2 aliphatic rings. The third kappa shape index (κ3) is 4.64. The van der Waals surface area contributed by atoms with Crippen molar-refractivity contribution in [3.8, 4) is 6.07 Å². The predicted molar refractivity (Wildman–Crippen MR) is 121 cm³/mol. The van der Waals surface area contributed by atoms with E-state index < -0.39 is 23.3 Å². The highest BCUT2D eigenvalue weighted by atomic mass is 19.4. The van der Waals surface area contributed by atoms with Crippen molar-refractivity contribution in [1.82, 2.24) is 25.0 Å². The Morgan fingerprint density at radius 3 is 2.69 bits per heavy atom. The van der Waals surface area contributed by atoms with Gasteiger partial charge in [0.15, 0.2) is 5.58 Å². The van der Waals surface area contributed by atoms with Crippen LogP contribution in [0.4, 0.5) is 19.2 Å². The molecule has 2 saturated heterocycles. The van der Waals surface area contributed by atoms with Gasteiger partial charge in [0, 0.05) is 32.2 Å². The maximum Gasteiger partial charge on any atom is 0.421 e. The number of rotatable bonds is 4. The highest BCUT2D eigenvalue weighted by molar-refractivity contribution is 5.79. The Hall–Kier alpha value is -3.92. The molecule has 0 radical (unpaired) electrons. The minimum Gasteiger partial charge on any atom is -0.423 e. The van der Waals surface area contributed by atoms with Gasteiger partial charge in [-0.25, -0.2) is 5.10 Å². The quantitative estimate of drug-likeness (QED) is 0.578. The van der Waals surface area contributed by atoms with Gasteiger partial charge in [-0.05, 0) is 37.6 Å². The van der Waals surface area contributed by atoms with Crippen molar-refractivity contribution >= 4 is 23.0 Å². The largest absolute Gasteiger partial charge is 0.423 e. The number of nitrogens with zero attached hydrogens (tertiary/aromatic N) is 6. The molecule has 2 fully saturated rings. The first-order valence-electron chi connectivity index (χ1n) is 11.5. The van der Waals surface area contributed by atoms with Gasteiger partial charge in [0.2, 0.25) is 5.91 Å². The minimum absolute atomic E-state index is 0.0483. The van der Waals surface area contributed by atoms with Gasteiger partial charge >= 0.3 is 6.18 Å². The molecule has 1 amide bonds. The Balaban J connectivity index is 1.22. The van der Waals surface area contributed by atoms with Crippen molar-refractivity contribution in [2.45, 2.75) is 25.1 Å². The van der Waals surface area contributed by atoms with E-state index in [2.05, 4.69) is 16.2 Å². The van der Waals surface area contributed by atoms with Crippen LogP contribution < -0.4 is 10.5 Å². The molecule has 1 aromatic carbocycles. The number of H-pyrrole nitrogens is 1. The number of alkyl halides is 3. The van der Waals surface area contributed by atoms with E-state index in [1.807, 2.05) is 14.9 Å². The summed E-state index contributed by atoms with van der Waals surface area (Å²) >= 11 is 0. The first-order valence-corrected chi connectivity index (χ1v) is 11.5. The molecule has 0 spiro atoms. The number of nitrogens with one attached hydrogen (secondary N) is 1. The fourth-order valence-corrected chi connectivity index (χ4v) is 4.69. The summed E-state index contributed by atoms with van der Waals surface area (Å²) in [5, 5.41) is 14.8. The molecule has 2 aliphatic heterocycles. The molecule has 13 heteroatoms. The SMILES string of the molecule is N#Cc1ccc2nc(N3CCN(C(=O)CN4CCCC4c4cc(C(F)(F)F)c(=O)[nH]n4)CC3)oc2c1. The summed E-state index contributed by atoms with van der Waals surface area (Å²) in [6.07, 6.45) is -3.53. The zero-order valence-corrected chi connectivity index (χ0v) is 19.1. The van der Waals surface area contributed by atoms with Gasteiger partial charge < -0.3 is 14.2 Å². The average molecular weight is 501 g/mol. The molecule has 10 nitrogen and oxygen atoms in total. The predicted octanol–water partition coefficient (Wildman–Crippen LogP) is 2.29. The molecule has 4 heterocycles. The first-order chi connectivity index (χ1) is 17.2. The third-order valence-electron chi connectivity index (χ3n) is 6.58. The molecule has 1 atom stereocenters. The molecule has 0 saturated carbocycles. The van der Waals surface area contributed by atoms with E-state index in [-0.39, 0.29) is 18.1 Å². The van der Waals surface area contributed by atoms with Crippen LogP contribution in [-0.4, -0.2) is 70.2 Å². The highest BCUT2D eigenvalue weighted by Crippen LogP contribution is 2.33. The molecule has 36 heavy (non-hydrogen) atoms. The average Bonchev–Trinajstić information content (AvgIpc) is 3.50. The van der Waals surface area contributed by atoms with Gasteiger partial charge in [-0.1, -0.05) is 0 Å². The lowest BCUT2D eigenvalue weighted by atomic mass is 10.1. The number of likely N-dealkylation sites (tertiary alicyclic amines) is 1. The van der Waals surface area contributed by atoms with E-state index in [1.54, 1.807) is 23.1 Å². The summed E-state index contributed by atoms with van der Waals surface area (Å²) in [4.78, 5) is 34.5. The molecule has 188 valence electrons. The summed E-state index contributed by atoms with van der Waals surface area (Å²) in [5.74, 6) is -0.127. The second kappa shape index (κ2) is 9.27. The van der Waals surface area contributed by atoms with Crippen LogP contribution in [0, 0.1) is 11.3 Å². The topological polar surface area (TPSA) is 122 Å². The maximum absolute atomic E-state index is 13.2. The zero-order valence-electron chi connectivity index (χ0n) is 19.1. The number of carbonyl (C=O) groups excluding carboxylic acids is 1. The Morgan fingerprint density at radius 2 is 1.97 bits per heavy atom. The van der Waals surface area contributed by atoms with Gasteiger partial charge in [0.1, 0.15) is 11.1 Å². The molecule has 2 aromatic heterocycles. The minimum atomic E-state index is -4.78. The molecule has 0 aliphatic carbocycles. The van der Waals surface area contributed by atoms with E-state index in [0.717, 1.165) is 6.07 Å². The highest BCUT2D eigenvalue weighted by Gasteiger charge is 2.37. The van der Waals surface area contributed by atoms with Crippen LogP contribution in [0.3, 0.4) is 0 Å². The lowest BCUT2D eigenvalue weighted by Crippen LogP contribution is -2.51. The van der Waals surface area contributed by atoms with Crippen molar-refractivity contribution in [3.63, 3.8) is 0 Å². The number of nitriles is 1. The van der Waals surface area contributed by atoms with Gasteiger partial charge in [-0.3, -0.25) is 14.5 Å². The number of hydrogen-bond acceptors (Lipinski definition) is 8. The van der Waals surface area contributed by atoms with Crippen molar-refractivity contribution in [1.29, 1.82) is 5.26 Å². The Labute approximate surface area is 202 Å². The second-order valence-corrected chi connectivity index (χ2v) is 8.82.